The van der Waals surface area contributed by atoms with Gasteiger partial charge in [0.05, 0.1) is 6.42 Å². The zero-order chi connectivity index (χ0) is 7.40. The molecule has 0 unspecified atom stereocenters. The Morgan fingerprint density at radius 1 is 1.80 bits per heavy atom. The van der Waals surface area contributed by atoms with Gasteiger partial charge in [-0.25, -0.2) is 0 Å². The predicted octanol–water partition coefficient (Wildman–Crippen LogP) is 1.04. The smallest absolute Gasteiger partial charge is 0.224 e. The first-order valence-corrected chi connectivity index (χ1v) is 3.94. The van der Waals surface area contributed by atoms with Gasteiger partial charge in [-0.15, -0.1) is 11.3 Å². The number of hydrogen-bond donors (Lipinski definition) is 1. The fourth-order valence-corrected chi connectivity index (χ4v) is 1.36. The highest BCUT2D eigenvalue weighted by Crippen LogP contribution is 2.08. The molecule has 1 amide bonds. The number of rotatable bonds is 2. The molecule has 10 heavy (non-hydrogen) atoms. The monoisotopic (exact) mass is 155 g/mol. The van der Waals surface area contributed by atoms with Crippen LogP contribution in [0.4, 0.5) is 0 Å². The van der Waals surface area contributed by atoms with Gasteiger partial charge in [-0.3, -0.25) is 4.79 Å². The van der Waals surface area contributed by atoms with E-state index in [4.69, 9.17) is 0 Å². The molecule has 0 aromatic carbocycles. The largest absolute Gasteiger partial charge is 0.359 e. The minimum Gasteiger partial charge on any atom is -0.359 e. The highest BCUT2D eigenvalue weighted by Gasteiger charge is 1.99. The summed E-state index contributed by atoms with van der Waals surface area (Å²) in [5.41, 5.74) is 0. The van der Waals surface area contributed by atoms with Crippen LogP contribution in [0.3, 0.4) is 0 Å². The van der Waals surface area contributed by atoms with Crippen LogP contribution in [0.1, 0.15) is 4.88 Å². The zero-order valence-corrected chi connectivity index (χ0v) is 6.57. The lowest BCUT2D eigenvalue weighted by Gasteiger charge is -1.93. The van der Waals surface area contributed by atoms with Crippen molar-refractivity contribution in [3.63, 3.8) is 0 Å². The van der Waals surface area contributed by atoms with E-state index in [1.165, 1.54) is 0 Å². The lowest BCUT2D eigenvalue weighted by Crippen LogP contribution is -2.19. The van der Waals surface area contributed by atoms with Gasteiger partial charge in [0, 0.05) is 11.9 Å². The van der Waals surface area contributed by atoms with Gasteiger partial charge < -0.3 is 5.32 Å². The molecule has 1 rings (SSSR count). The van der Waals surface area contributed by atoms with Crippen LogP contribution in [-0.2, 0) is 11.2 Å². The maximum absolute atomic E-state index is 10.8. The number of carbonyl (C=O) groups is 1. The molecule has 0 fully saturated rings. The molecule has 0 atom stereocenters. The van der Waals surface area contributed by atoms with E-state index in [0.717, 1.165) is 4.88 Å². The van der Waals surface area contributed by atoms with Gasteiger partial charge in [-0.1, -0.05) is 6.07 Å². The number of nitrogens with one attached hydrogen (secondary N) is 1. The first-order chi connectivity index (χ1) is 4.83. The molecule has 0 saturated heterocycles. The Morgan fingerprint density at radius 2 is 2.60 bits per heavy atom. The van der Waals surface area contributed by atoms with Crippen molar-refractivity contribution in [2.45, 2.75) is 6.42 Å². The van der Waals surface area contributed by atoms with Crippen molar-refractivity contribution >= 4 is 17.2 Å². The summed E-state index contributed by atoms with van der Waals surface area (Å²) in [6.45, 7) is 0. The van der Waals surface area contributed by atoms with E-state index in [2.05, 4.69) is 5.32 Å². The molecule has 0 bridgehead atoms. The number of thiophene rings is 1. The quantitative estimate of drug-likeness (QED) is 0.679. The molecule has 0 aliphatic rings. The lowest BCUT2D eigenvalue weighted by atomic mass is 10.3. The highest BCUT2D eigenvalue weighted by atomic mass is 32.1. The van der Waals surface area contributed by atoms with Crippen LogP contribution in [0.15, 0.2) is 17.5 Å². The van der Waals surface area contributed by atoms with Crippen molar-refractivity contribution < 1.29 is 4.79 Å². The number of hydrogen-bond acceptors (Lipinski definition) is 2. The molecule has 3 heteroatoms. The number of carbonyl (C=O) groups excluding carboxylic acids is 1. The molecule has 1 aromatic rings. The average molecular weight is 155 g/mol. The molecule has 1 aromatic heterocycles. The van der Waals surface area contributed by atoms with Crippen LogP contribution in [-0.4, -0.2) is 13.0 Å². The van der Waals surface area contributed by atoms with E-state index in [-0.39, 0.29) is 5.91 Å². The van der Waals surface area contributed by atoms with E-state index in [9.17, 15) is 4.79 Å². The summed E-state index contributed by atoms with van der Waals surface area (Å²) in [7, 11) is 1.65. The van der Waals surface area contributed by atoms with Crippen molar-refractivity contribution in [3.05, 3.63) is 22.4 Å². The minimum absolute atomic E-state index is 0.0717. The maximum atomic E-state index is 10.8. The summed E-state index contributed by atoms with van der Waals surface area (Å²) in [5.74, 6) is 0.0717. The molecule has 0 aliphatic heterocycles. The summed E-state index contributed by atoms with van der Waals surface area (Å²) in [5, 5.41) is 4.54. The van der Waals surface area contributed by atoms with E-state index < -0.39 is 0 Å². The molecule has 0 radical (unpaired) electrons. The number of likely N-dealkylation sites (N-methyl/N-ethyl adjacent to an activating group) is 1. The van der Waals surface area contributed by atoms with Gasteiger partial charge in [-0.05, 0) is 11.4 Å². The van der Waals surface area contributed by atoms with Crippen molar-refractivity contribution in [1.82, 2.24) is 5.32 Å². The molecule has 0 aliphatic carbocycles. The van der Waals surface area contributed by atoms with E-state index in [1.807, 2.05) is 17.5 Å². The van der Waals surface area contributed by atoms with Gasteiger partial charge in [0.15, 0.2) is 0 Å². The van der Waals surface area contributed by atoms with Gasteiger partial charge in [0.2, 0.25) is 5.91 Å². The van der Waals surface area contributed by atoms with Crippen molar-refractivity contribution in [2.75, 3.05) is 7.05 Å². The van der Waals surface area contributed by atoms with Gasteiger partial charge in [0.1, 0.15) is 0 Å². The van der Waals surface area contributed by atoms with E-state index in [0.29, 0.717) is 6.42 Å². The Balaban J connectivity index is 2.48. The van der Waals surface area contributed by atoms with Crippen LogP contribution in [0.2, 0.25) is 0 Å². The summed E-state index contributed by atoms with van der Waals surface area (Å²) in [4.78, 5) is 11.9. The Labute approximate surface area is 63.9 Å². The highest BCUT2D eigenvalue weighted by molar-refractivity contribution is 7.10. The third kappa shape index (κ3) is 1.84. The Hall–Kier alpha value is -0.830. The second kappa shape index (κ2) is 3.37. The standard InChI is InChI=1S/C7H9NOS/c1-8-7(9)5-6-3-2-4-10-6/h2-4H,5H2,1H3,(H,8,9). The van der Waals surface area contributed by atoms with Crippen LogP contribution in [0.5, 0.6) is 0 Å². The average Bonchev–Trinajstić information content (AvgIpc) is 2.40. The van der Waals surface area contributed by atoms with Crippen LogP contribution in [0, 0.1) is 0 Å². The fraction of sp³-hybridized carbons (Fsp3) is 0.286. The molecular weight excluding hydrogens is 146 g/mol. The number of amides is 1. The van der Waals surface area contributed by atoms with E-state index >= 15 is 0 Å². The first-order valence-electron chi connectivity index (χ1n) is 3.06. The maximum Gasteiger partial charge on any atom is 0.224 e. The van der Waals surface area contributed by atoms with Gasteiger partial charge in [0.25, 0.3) is 0 Å². The second-order valence-electron chi connectivity index (χ2n) is 1.93. The minimum atomic E-state index is 0.0717. The Bertz CT molecular complexity index is 205. The van der Waals surface area contributed by atoms with E-state index in [1.54, 1.807) is 18.4 Å². The Morgan fingerprint density at radius 3 is 3.10 bits per heavy atom. The molecule has 54 valence electrons. The predicted molar refractivity (Wildman–Crippen MR) is 42.1 cm³/mol. The van der Waals surface area contributed by atoms with Crippen LogP contribution < -0.4 is 5.32 Å². The molecule has 0 saturated carbocycles. The van der Waals surface area contributed by atoms with Crippen molar-refractivity contribution in [2.24, 2.45) is 0 Å². The molecule has 2 nitrogen and oxygen atoms in total. The van der Waals surface area contributed by atoms with Gasteiger partial charge in [-0.2, -0.15) is 0 Å². The third-order valence-electron chi connectivity index (χ3n) is 1.19. The zero-order valence-electron chi connectivity index (χ0n) is 5.76. The summed E-state index contributed by atoms with van der Waals surface area (Å²) in [6, 6.07) is 3.91. The van der Waals surface area contributed by atoms with Crippen LogP contribution >= 0.6 is 11.3 Å². The summed E-state index contributed by atoms with van der Waals surface area (Å²) < 4.78 is 0. The summed E-state index contributed by atoms with van der Waals surface area (Å²) in [6.07, 6.45) is 0.508. The SMILES string of the molecule is CNC(=O)Cc1cccs1. The van der Waals surface area contributed by atoms with Crippen molar-refractivity contribution in [1.29, 1.82) is 0 Å². The van der Waals surface area contributed by atoms with Crippen LogP contribution in [0.25, 0.3) is 0 Å². The summed E-state index contributed by atoms with van der Waals surface area (Å²) >= 11 is 1.61. The van der Waals surface area contributed by atoms with Crippen molar-refractivity contribution in [3.8, 4) is 0 Å². The third-order valence-corrected chi connectivity index (χ3v) is 2.07. The molecular formula is C7H9NOS. The molecule has 1 N–H and O–H groups in total. The lowest BCUT2D eigenvalue weighted by molar-refractivity contribution is -0.119. The molecule has 1 heterocycles. The second-order valence-corrected chi connectivity index (χ2v) is 2.96. The topological polar surface area (TPSA) is 29.1 Å². The van der Waals surface area contributed by atoms with Gasteiger partial charge >= 0.3 is 0 Å². The fourth-order valence-electron chi connectivity index (χ4n) is 0.660. The molecule has 0 spiro atoms. The normalized spacial score (nSPS) is 9.30. The first kappa shape index (κ1) is 7.28. The Kier molecular flexibility index (Phi) is 2.45.